The molecule has 1 aliphatic rings. The molecule has 2 atom stereocenters. The second-order valence-corrected chi connectivity index (χ2v) is 6.01. The molecule has 4 heteroatoms. The van der Waals surface area contributed by atoms with Crippen molar-refractivity contribution in [2.45, 2.75) is 42.1 Å². The first-order valence-corrected chi connectivity index (χ1v) is 7.06. The number of nitrogens with two attached hydrogens (primary N) is 1. The van der Waals surface area contributed by atoms with Gasteiger partial charge in [-0.2, -0.15) is 0 Å². The average molecular weight is 247 g/mol. The van der Waals surface area contributed by atoms with Crippen molar-refractivity contribution >= 4 is 22.8 Å². The van der Waals surface area contributed by atoms with Crippen LogP contribution in [-0.4, -0.2) is 21.3 Å². The van der Waals surface area contributed by atoms with Crippen molar-refractivity contribution in [2.75, 3.05) is 0 Å². The van der Waals surface area contributed by atoms with E-state index in [4.69, 9.17) is 5.73 Å². The van der Waals surface area contributed by atoms with Gasteiger partial charge in [-0.3, -0.25) is 0 Å². The normalized spacial score (nSPS) is 25.2. The Morgan fingerprint density at radius 1 is 1.29 bits per heavy atom. The maximum absolute atomic E-state index is 6.01. The van der Waals surface area contributed by atoms with Crippen LogP contribution in [0.15, 0.2) is 29.4 Å². The highest BCUT2D eigenvalue weighted by Gasteiger charge is 2.21. The molecule has 1 fully saturated rings. The van der Waals surface area contributed by atoms with Crippen molar-refractivity contribution in [2.24, 2.45) is 5.73 Å². The molecule has 0 saturated heterocycles. The van der Waals surface area contributed by atoms with Crippen LogP contribution in [0.2, 0.25) is 0 Å². The number of aromatic nitrogens is 2. The SMILES string of the molecule is NC1CCCC(Sc2nc3ccccc3[nH]2)C1. The Morgan fingerprint density at radius 3 is 3.00 bits per heavy atom. The highest BCUT2D eigenvalue weighted by molar-refractivity contribution is 7.99. The zero-order valence-corrected chi connectivity index (χ0v) is 10.5. The lowest BCUT2D eigenvalue weighted by atomic mass is 9.96. The summed E-state index contributed by atoms with van der Waals surface area (Å²) in [6, 6.07) is 8.55. The number of benzene rings is 1. The Balaban J connectivity index is 1.75. The molecule has 3 nitrogen and oxygen atoms in total. The lowest BCUT2D eigenvalue weighted by Crippen LogP contribution is -2.29. The van der Waals surface area contributed by atoms with Crippen LogP contribution in [0.4, 0.5) is 0 Å². The van der Waals surface area contributed by atoms with Crippen molar-refractivity contribution in [3.63, 3.8) is 0 Å². The lowest BCUT2D eigenvalue weighted by Gasteiger charge is -2.25. The van der Waals surface area contributed by atoms with E-state index in [1.54, 1.807) is 0 Å². The first-order chi connectivity index (χ1) is 8.31. The third-order valence-electron chi connectivity index (χ3n) is 3.31. The van der Waals surface area contributed by atoms with Gasteiger partial charge in [0.05, 0.1) is 11.0 Å². The molecule has 0 amide bonds. The van der Waals surface area contributed by atoms with E-state index in [1.807, 2.05) is 30.0 Å². The van der Waals surface area contributed by atoms with Gasteiger partial charge in [-0.1, -0.05) is 30.3 Å². The number of thioether (sulfide) groups is 1. The Labute approximate surface area is 105 Å². The molecule has 1 aliphatic carbocycles. The fraction of sp³-hybridized carbons (Fsp3) is 0.462. The predicted octanol–water partition coefficient (Wildman–Crippen LogP) is 2.92. The second-order valence-electron chi connectivity index (χ2n) is 4.73. The molecule has 0 radical (unpaired) electrons. The first-order valence-electron chi connectivity index (χ1n) is 6.18. The van der Waals surface area contributed by atoms with Crippen LogP contribution in [0.5, 0.6) is 0 Å². The van der Waals surface area contributed by atoms with Crippen molar-refractivity contribution in [3.05, 3.63) is 24.3 Å². The van der Waals surface area contributed by atoms with Gasteiger partial charge in [-0.05, 0) is 31.4 Å². The number of imidazole rings is 1. The quantitative estimate of drug-likeness (QED) is 0.858. The van der Waals surface area contributed by atoms with E-state index in [-0.39, 0.29) is 0 Å². The summed E-state index contributed by atoms with van der Waals surface area (Å²) in [5, 5.41) is 1.66. The van der Waals surface area contributed by atoms with E-state index < -0.39 is 0 Å². The zero-order valence-electron chi connectivity index (χ0n) is 9.73. The monoisotopic (exact) mass is 247 g/mol. The first kappa shape index (κ1) is 11.1. The van der Waals surface area contributed by atoms with Gasteiger partial charge >= 0.3 is 0 Å². The summed E-state index contributed by atoms with van der Waals surface area (Å²) in [5.41, 5.74) is 8.18. The molecule has 1 saturated carbocycles. The summed E-state index contributed by atoms with van der Waals surface area (Å²) < 4.78 is 0. The minimum absolute atomic E-state index is 0.380. The molecule has 90 valence electrons. The van der Waals surface area contributed by atoms with Gasteiger partial charge in [-0.25, -0.2) is 4.98 Å². The molecule has 3 N–H and O–H groups in total. The summed E-state index contributed by atoms with van der Waals surface area (Å²) in [7, 11) is 0. The number of para-hydroxylation sites is 2. The van der Waals surface area contributed by atoms with Crippen LogP contribution >= 0.6 is 11.8 Å². The topological polar surface area (TPSA) is 54.7 Å². The second kappa shape index (κ2) is 4.70. The molecular formula is C13H17N3S. The van der Waals surface area contributed by atoms with E-state index in [0.717, 1.165) is 22.6 Å². The highest BCUT2D eigenvalue weighted by atomic mass is 32.2. The Morgan fingerprint density at radius 2 is 2.18 bits per heavy atom. The lowest BCUT2D eigenvalue weighted by molar-refractivity contribution is 0.451. The zero-order chi connectivity index (χ0) is 11.7. The van der Waals surface area contributed by atoms with Crippen LogP contribution in [0.3, 0.4) is 0 Å². The number of hydrogen-bond donors (Lipinski definition) is 2. The van der Waals surface area contributed by atoms with Crippen molar-refractivity contribution < 1.29 is 0 Å². The van der Waals surface area contributed by atoms with E-state index in [2.05, 4.69) is 16.0 Å². The summed E-state index contributed by atoms with van der Waals surface area (Å²) in [4.78, 5) is 7.97. The van der Waals surface area contributed by atoms with Gasteiger partial charge in [-0.15, -0.1) is 0 Å². The molecular weight excluding hydrogens is 230 g/mol. The number of rotatable bonds is 2. The molecule has 0 spiro atoms. The molecule has 1 aromatic heterocycles. The van der Waals surface area contributed by atoms with E-state index in [9.17, 15) is 0 Å². The predicted molar refractivity (Wildman–Crippen MR) is 72.2 cm³/mol. The fourth-order valence-corrected chi connectivity index (χ4v) is 3.69. The Hall–Kier alpha value is -1.00. The summed E-state index contributed by atoms with van der Waals surface area (Å²) >= 11 is 1.85. The largest absolute Gasteiger partial charge is 0.333 e. The van der Waals surface area contributed by atoms with Gasteiger partial charge in [0, 0.05) is 11.3 Å². The highest BCUT2D eigenvalue weighted by Crippen LogP contribution is 2.32. The molecule has 1 aromatic carbocycles. The summed E-state index contributed by atoms with van der Waals surface area (Å²) in [5.74, 6) is 0. The van der Waals surface area contributed by atoms with Crippen LogP contribution in [0.1, 0.15) is 25.7 Å². The Bertz CT molecular complexity index is 475. The molecule has 0 bridgehead atoms. The van der Waals surface area contributed by atoms with Gasteiger partial charge in [0.25, 0.3) is 0 Å². The molecule has 3 rings (SSSR count). The molecule has 1 heterocycles. The number of hydrogen-bond acceptors (Lipinski definition) is 3. The number of nitrogens with one attached hydrogen (secondary N) is 1. The van der Waals surface area contributed by atoms with E-state index in [0.29, 0.717) is 11.3 Å². The molecule has 2 aromatic rings. The minimum Gasteiger partial charge on any atom is -0.333 e. The average Bonchev–Trinajstić information content (AvgIpc) is 2.71. The van der Waals surface area contributed by atoms with Crippen LogP contribution in [0.25, 0.3) is 11.0 Å². The van der Waals surface area contributed by atoms with E-state index >= 15 is 0 Å². The van der Waals surface area contributed by atoms with Crippen LogP contribution in [-0.2, 0) is 0 Å². The molecule has 17 heavy (non-hydrogen) atoms. The fourth-order valence-electron chi connectivity index (χ4n) is 2.43. The van der Waals surface area contributed by atoms with Crippen LogP contribution < -0.4 is 5.73 Å². The number of H-pyrrole nitrogens is 1. The van der Waals surface area contributed by atoms with Crippen molar-refractivity contribution in [3.8, 4) is 0 Å². The van der Waals surface area contributed by atoms with Gasteiger partial charge in [0.1, 0.15) is 0 Å². The standard InChI is InChI=1S/C13H17N3S/c14-9-4-3-5-10(8-9)17-13-15-11-6-1-2-7-12(11)16-13/h1-2,6-7,9-10H,3-5,8,14H2,(H,15,16). The van der Waals surface area contributed by atoms with Crippen molar-refractivity contribution in [1.29, 1.82) is 0 Å². The van der Waals surface area contributed by atoms with Gasteiger partial charge < -0.3 is 10.7 Å². The molecule has 0 aliphatic heterocycles. The van der Waals surface area contributed by atoms with E-state index in [1.165, 1.54) is 19.3 Å². The molecule has 2 unspecified atom stereocenters. The van der Waals surface area contributed by atoms with Crippen LogP contribution in [0, 0.1) is 0 Å². The third kappa shape index (κ3) is 2.48. The number of aromatic amines is 1. The number of fused-ring (bicyclic) bond motifs is 1. The summed E-state index contributed by atoms with van der Waals surface area (Å²) in [6.45, 7) is 0. The maximum atomic E-state index is 6.01. The maximum Gasteiger partial charge on any atom is 0.166 e. The smallest absolute Gasteiger partial charge is 0.166 e. The Kier molecular flexibility index (Phi) is 3.07. The summed E-state index contributed by atoms with van der Waals surface area (Å²) in [6.07, 6.45) is 4.80. The van der Waals surface area contributed by atoms with Gasteiger partial charge in [0.15, 0.2) is 5.16 Å². The number of nitrogens with zero attached hydrogens (tertiary/aromatic N) is 1. The third-order valence-corrected chi connectivity index (χ3v) is 4.49. The van der Waals surface area contributed by atoms with Gasteiger partial charge in [0.2, 0.25) is 0 Å². The van der Waals surface area contributed by atoms with Crippen molar-refractivity contribution in [1.82, 2.24) is 9.97 Å². The minimum atomic E-state index is 0.380.